The van der Waals surface area contributed by atoms with Crippen LogP contribution in [0.4, 0.5) is 11.4 Å². The SMILES string of the molecule is C=C1CC[C@@H](OC(=O)c2cc(N([O-])[O-])cc(N(O)O)c2)CC1=CC=C1CCC[C@]2(C)C[C@@H]([C@H](C)C=C[C@H](C)C(C)C)C[C@@H]12. The Balaban J connectivity index is 1.46. The summed E-state index contributed by atoms with van der Waals surface area (Å²) in [5, 5.41) is 40.3. The quantitative estimate of drug-likeness (QED) is 0.166. The van der Waals surface area contributed by atoms with Crippen molar-refractivity contribution in [2.45, 2.75) is 92.1 Å². The zero-order chi connectivity index (χ0) is 31.5. The fourth-order valence-electron chi connectivity index (χ4n) is 7.12. The molecule has 236 valence electrons. The van der Waals surface area contributed by atoms with Crippen molar-refractivity contribution in [2.24, 2.45) is 35.0 Å². The van der Waals surface area contributed by atoms with Crippen LogP contribution in [0.2, 0.25) is 0 Å². The molecule has 43 heavy (non-hydrogen) atoms. The van der Waals surface area contributed by atoms with E-state index in [1.807, 2.05) is 0 Å². The van der Waals surface area contributed by atoms with Crippen molar-refractivity contribution in [2.75, 3.05) is 10.5 Å². The minimum Gasteiger partial charge on any atom is -0.769 e. The van der Waals surface area contributed by atoms with Gasteiger partial charge in [0.25, 0.3) is 0 Å². The van der Waals surface area contributed by atoms with Gasteiger partial charge in [0.05, 0.1) is 11.3 Å². The summed E-state index contributed by atoms with van der Waals surface area (Å²) in [6, 6.07) is 3.19. The molecule has 0 aliphatic heterocycles. The van der Waals surface area contributed by atoms with Crippen LogP contribution in [-0.2, 0) is 4.74 Å². The fraction of sp³-hybridized carbons (Fsp3) is 0.571. The molecule has 0 unspecified atom stereocenters. The molecule has 3 aliphatic rings. The molecule has 8 nitrogen and oxygen atoms in total. The molecule has 3 aliphatic carbocycles. The third-order valence-corrected chi connectivity index (χ3v) is 10.3. The predicted octanol–water partition coefficient (Wildman–Crippen LogP) is 8.89. The molecule has 1 aromatic rings. The Labute approximate surface area is 256 Å². The Hall–Kier alpha value is -2.91. The maximum atomic E-state index is 12.9. The Morgan fingerprint density at radius 1 is 1.09 bits per heavy atom. The molecular weight excluding hydrogens is 544 g/mol. The molecular formula is C35H48N2O6-2. The fourth-order valence-corrected chi connectivity index (χ4v) is 7.12. The number of allylic oxidation sites excluding steroid dienone is 6. The van der Waals surface area contributed by atoms with Gasteiger partial charge in [0.1, 0.15) is 6.10 Å². The van der Waals surface area contributed by atoms with E-state index in [0.717, 1.165) is 35.8 Å². The van der Waals surface area contributed by atoms with Gasteiger partial charge in [-0.3, -0.25) is 10.4 Å². The van der Waals surface area contributed by atoms with Crippen molar-refractivity contribution < 1.29 is 19.9 Å². The highest BCUT2D eigenvalue weighted by molar-refractivity contribution is 5.92. The van der Waals surface area contributed by atoms with Gasteiger partial charge in [-0.25, -0.2) is 4.79 Å². The zero-order valence-electron chi connectivity index (χ0n) is 26.3. The standard InChI is InChI=1S/C35H48N2O6/c1-22(2)23(3)9-10-25(5)29-19-33-26(8-7-15-35(33,6)21-29)12-13-27-18-32(14-11-24(27)4)43-34(38)28-16-30(36(39)40)20-31(17-28)37(41)42/h9-10,12-13,16-17,20,22-23,25,29,32-33,39-40H,4,7-8,11,14-15,18-19,21H2,1-3,5-6H3/q-2/t23-,25+,29-,32+,33-,35+/m0/s1. The summed E-state index contributed by atoms with van der Waals surface area (Å²) in [6.07, 6.45) is 16.8. The van der Waals surface area contributed by atoms with Crippen molar-refractivity contribution >= 4 is 17.3 Å². The normalized spacial score (nSPS) is 29.3. The van der Waals surface area contributed by atoms with Crippen LogP contribution in [0.5, 0.6) is 0 Å². The number of carbonyl (C=O) groups excluding carboxylic acids is 1. The molecule has 0 bridgehead atoms. The van der Waals surface area contributed by atoms with Crippen LogP contribution in [0.15, 0.2) is 65.8 Å². The second kappa shape index (κ2) is 13.8. The smallest absolute Gasteiger partial charge is 0.338 e. The molecule has 2 N–H and O–H groups in total. The number of carbonyl (C=O) groups is 1. The topological polar surface area (TPSA) is 119 Å². The van der Waals surface area contributed by atoms with Crippen LogP contribution >= 0.6 is 0 Å². The number of benzene rings is 1. The average Bonchev–Trinajstić information content (AvgIpc) is 3.33. The van der Waals surface area contributed by atoms with Crippen LogP contribution in [0, 0.1) is 45.4 Å². The highest BCUT2D eigenvalue weighted by Crippen LogP contribution is 2.58. The van der Waals surface area contributed by atoms with Gasteiger partial charge < -0.3 is 20.4 Å². The summed E-state index contributed by atoms with van der Waals surface area (Å²) >= 11 is 0. The number of ether oxygens (including phenoxy) is 1. The highest BCUT2D eigenvalue weighted by Gasteiger charge is 2.47. The molecule has 0 radical (unpaired) electrons. The number of hydrogen-bond acceptors (Lipinski definition) is 8. The van der Waals surface area contributed by atoms with Crippen molar-refractivity contribution in [3.05, 3.63) is 81.8 Å². The van der Waals surface area contributed by atoms with Crippen molar-refractivity contribution in [3.63, 3.8) is 0 Å². The van der Waals surface area contributed by atoms with Crippen molar-refractivity contribution in [1.29, 1.82) is 0 Å². The Bertz CT molecular complexity index is 1240. The molecule has 0 spiro atoms. The molecule has 0 aromatic heterocycles. The third-order valence-electron chi connectivity index (χ3n) is 10.3. The lowest BCUT2D eigenvalue weighted by molar-refractivity contribution is 0.0265. The molecule has 8 heteroatoms. The number of esters is 1. The molecule has 3 fully saturated rings. The van der Waals surface area contributed by atoms with Gasteiger partial charge in [0, 0.05) is 12.1 Å². The van der Waals surface area contributed by atoms with Crippen molar-refractivity contribution in [3.8, 4) is 0 Å². The number of rotatable bonds is 9. The second-order valence-corrected chi connectivity index (χ2v) is 13.7. The summed E-state index contributed by atoms with van der Waals surface area (Å²) < 4.78 is 5.75. The van der Waals surface area contributed by atoms with Gasteiger partial charge in [-0.2, -0.15) is 0 Å². The lowest BCUT2D eigenvalue weighted by Gasteiger charge is -2.38. The number of fused-ring (bicyclic) bond motifs is 1. The molecule has 1 aromatic carbocycles. The molecule has 0 amide bonds. The van der Waals surface area contributed by atoms with E-state index in [0.29, 0.717) is 54.3 Å². The van der Waals surface area contributed by atoms with Gasteiger partial charge >= 0.3 is 5.97 Å². The first-order valence-corrected chi connectivity index (χ1v) is 15.7. The monoisotopic (exact) mass is 592 g/mol. The first-order valence-electron chi connectivity index (χ1n) is 15.7. The molecule has 3 saturated carbocycles. The lowest BCUT2D eigenvalue weighted by atomic mass is 9.67. The third kappa shape index (κ3) is 7.98. The second-order valence-electron chi connectivity index (χ2n) is 13.7. The number of anilines is 2. The van der Waals surface area contributed by atoms with E-state index in [1.54, 1.807) is 0 Å². The Kier molecular flexibility index (Phi) is 10.6. The van der Waals surface area contributed by atoms with Gasteiger partial charge in [0.15, 0.2) is 0 Å². The molecule has 6 atom stereocenters. The zero-order valence-corrected chi connectivity index (χ0v) is 26.3. The summed E-state index contributed by atoms with van der Waals surface area (Å²) in [5.74, 6) is 2.33. The number of nitrogens with zero attached hydrogens (tertiary/aromatic N) is 2. The Morgan fingerprint density at radius 3 is 2.49 bits per heavy atom. The molecule has 0 saturated heterocycles. The van der Waals surface area contributed by atoms with E-state index in [-0.39, 0.29) is 16.5 Å². The molecule has 0 heterocycles. The molecule has 4 rings (SSSR count). The predicted molar refractivity (Wildman–Crippen MR) is 171 cm³/mol. The van der Waals surface area contributed by atoms with Gasteiger partial charge in [-0.05, 0) is 104 Å². The van der Waals surface area contributed by atoms with Crippen LogP contribution in [0.25, 0.3) is 0 Å². The van der Waals surface area contributed by atoms with E-state index in [2.05, 4.69) is 65.5 Å². The average molecular weight is 593 g/mol. The minimum atomic E-state index is -0.743. The van der Waals surface area contributed by atoms with Gasteiger partial charge in [0.2, 0.25) is 0 Å². The van der Waals surface area contributed by atoms with E-state index < -0.39 is 23.0 Å². The maximum Gasteiger partial charge on any atom is 0.338 e. The number of hydrogen-bond donors (Lipinski definition) is 2. The first-order chi connectivity index (χ1) is 20.3. The lowest BCUT2D eigenvalue weighted by Crippen LogP contribution is -2.27. The first kappa shape index (κ1) is 33.0. The summed E-state index contributed by atoms with van der Waals surface area (Å²) in [4.78, 5) is 12.9. The van der Waals surface area contributed by atoms with E-state index in [1.165, 1.54) is 31.3 Å². The van der Waals surface area contributed by atoms with E-state index in [9.17, 15) is 25.6 Å². The summed E-state index contributed by atoms with van der Waals surface area (Å²) in [7, 11) is 0. The minimum absolute atomic E-state index is 0.116. The van der Waals surface area contributed by atoms with Crippen LogP contribution in [-0.4, -0.2) is 22.5 Å². The van der Waals surface area contributed by atoms with Crippen LogP contribution in [0.3, 0.4) is 0 Å². The van der Waals surface area contributed by atoms with Gasteiger partial charge in [-0.1, -0.05) is 76.6 Å². The van der Waals surface area contributed by atoms with E-state index >= 15 is 0 Å². The Morgan fingerprint density at radius 2 is 1.81 bits per heavy atom. The summed E-state index contributed by atoms with van der Waals surface area (Å²) in [5.41, 5.74) is 3.10. The van der Waals surface area contributed by atoms with Gasteiger partial charge in [-0.15, -0.1) is 5.23 Å². The highest BCUT2D eigenvalue weighted by atomic mass is 16.8. The largest absolute Gasteiger partial charge is 0.769 e. The van der Waals surface area contributed by atoms with Crippen molar-refractivity contribution in [1.82, 2.24) is 0 Å². The van der Waals surface area contributed by atoms with Crippen LogP contribution < -0.4 is 10.5 Å². The van der Waals surface area contributed by atoms with E-state index in [4.69, 9.17) is 4.74 Å². The summed E-state index contributed by atoms with van der Waals surface area (Å²) in [6.45, 7) is 16.0. The van der Waals surface area contributed by atoms with Crippen LogP contribution in [0.1, 0.15) is 96.3 Å². The maximum absolute atomic E-state index is 12.9.